The van der Waals surface area contributed by atoms with E-state index in [0.717, 1.165) is 32.1 Å². The lowest BCUT2D eigenvalue weighted by molar-refractivity contribution is -0.344. The molecule has 0 aromatic heterocycles. The van der Waals surface area contributed by atoms with E-state index >= 15 is 0 Å². The third kappa shape index (κ3) is 7.79. The van der Waals surface area contributed by atoms with Gasteiger partial charge in [-0.15, -0.1) is 0 Å². The van der Waals surface area contributed by atoms with Crippen LogP contribution in [0.4, 0.5) is 0 Å². The van der Waals surface area contributed by atoms with Crippen molar-refractivity contribution in [2.24, 2.45) is 0 Å². The van der Waals surface area contributed by atoms with Crippen molar-refractivity contribution in [3.05, 3.63) is 0 Å². The average molecular weight is 496 g/mol. The van der Waals surface area contributed by atoms with E-state index in [1.807, 2.05) is 0 Å². The summed E-state index contributed by atoms with van der Waals surface area (Å²) in [6.07, 6.45) is -6.43. The first kappa shape index (κ1) is 29.3. The summed E-state index contributed by atoms with van der Waals surface area (Å²) in [4.78, 5) is 11.9. The molecule has 12 nitrogen and oxygen atoms in total. The van der Waals surface area contributed by atoms with Crippen LogP contribution in [0.2, 0.25) is 0 Å². The van der Waals surface area contributed by atoms with Crippen LogP contribution in [-0.2, 0) is 23.7 Å². The number of nitrogens with one attached hydrogen (secondary N) is 1. The third-order valence-corrected chi connectivity index (χ3v) is 6.14. The van der Waals surface area contributed by atoms with Gasteiger partial charge in [-0.25, -0.2) is 0 Å². The highest BCUT2D eigenvalue weighted by Gasteiger charge is 2.51. The van der Waals surface area contributed by atoms with Crippen LogP contribution in [0.5, 0.6) is 0 Å². The number of aliphatic hydroxyl groups excluding tert-OH is 6. The second-order valence-electron chi connectivity index (χ2n) is 8.88. The van der Waals surface area contributed by atoms with E-state index in [1.54, 1.807) is 0 Å². The smallest absolute Gasteiger partial charge is 0.217 e. The van der Waals surface area contributed by atoms with Gasteiger partial charge in [0.05, 0.1) is 13.2 Å². The molecule has 10 atom stereocenters. The molecule has 200 valence electrons. The zero-order valence-corrected chi connectivity index (χ0v) is 19.9. The zero-order chi connectivity index (χ0) is 25.3. The molecule has 0 unspecified atom stereocenters. The number of carbonyl (C=O) groups excluding carboxylic acids is 1. The molecule has 2 saturated heterocycles. The molecule has 1 amide bonds. The summed E-state index contributed by atoms with van der Waals surface area (Å²) in [5.41, 5.74) is 0. The Morgan fingerprint density at radius 3 is 2.03 bits per heavy atom. The van der Waals surface area contributed by atoms with E-state index in [1.165, 1.54) is 13.3 Å². The Morgan fingerprint density at radius 1 is 0.824 bits per heavy atom. The molecule has 34 heavy (non-hydrogen) atoms. The first-order valence-electron chi connectivity index (χ1n) is 12.0. The maximum Gasteiger partial charge on any atom is 0.217 e. The van der Waals surface area contributed by atoms with E-state index in [-0.39, 0.29) is 0 Å². The molecule has 2 rings (SSSR count). The van der Waals surface area contributed by atoms with Crippen molar-refractivity contribution in [1.29, 1.82) is 0 Å². The molecule has 0 saturated carbocycles. The van der Waals surface area contributed by atoms with Crippen molar-refractivity contribution < 1.29 is 54.4 Å². The Kier molecular flexibility index (Phi) is 12.6. The molecule has 7 N–H and O–H groups in total. The topological polar surface area (TPSA) is 187 Å². The highest BCUT2D eigenvalue weighted by molar-refractivity contribution is 5.73. The fourth-order valence-corrected chi connectivity index (χ4v) is 4.18. The summed E-state index contributed by atoms with van der Waals surface area (Å²) >= 11 is 0. The van der Waals surface area contributed by atoms with Gasteiger partial charge in [-0.3, -0.25) is 4.79 Å². The van der Waals surface area contributed by atoms with Gasteiger partial charge in [-0.05, 0) is 6.42 Å². The van der Waals surface area contributed by atoms with Crippen molar-refractivity contribution in [2.75, 3.05) is 19.8 Å². The Bertz CT molecular complexity index is 595. The van der Waals surface area contributed by atoms with E-state index < -0.39 is 80.5 Å². The number of aliphatic hydroxyl groups is 6. The summed E-state index contributed by atoms with van der Waals surface area (Å²) < 4.78 is 22.7. The van der Waals surface area contributed by atoms with Crippen LogP contribution in [0.1, 0.15) is 52.4 Å². The lowest BCUT2D eigenvalue weighted by atomic mass is 9.95. The Morgan fingerprint density at radius 2 is 1.41 bits per heavy atom. The van der Waals surface area contributed by atoms with Gasteiger partial charge in [-0.1, -0.05) is 39.0 Å². The molecule has 0 aromatic rings. The van der Waals surface area contributed by atoms with Gasteiger partial charge in [0.25, 0.3) is 0 Å². The van der Waals surface area contributed by atoms with Crippen molar-refractivity contribution in [3.63, 3.8) is 0 Å². The summed E-state index contributed by atoms with van der Waals surface area (Å²) in [6.45, 7) is 2.49. The molecule has 0 radical (unpaired) electrons. The van der Waals surface area contributed by atoms with Gasteiger partial charge in [0.2, 0.25) is 5.91 Å². The second-order valence-corrected chi connectivity index (χ2v) is 8.88. The van der Waals surface area contributed by atoms with Crippen LogP contribution < -0.4 is 5.32 Å². The van der Waals surface area contributed by atoms with Gasteiger partial charge in [0.15, 0.2) is 12.6 Å². The molecule has 12 heteroatoms. The number of hydrogen-bond acceptors (Lipinski definition) is 11. The minimum absolute atomic E-state index is 0.313. The molecule has 0 spiro atoms. The predicted molar refractivity (Wildman–Crippen MR) is 117 cm³/mol. The number of unbranched alkanes of at least 4 members (excludes halogenated alkanes) is 5. The zero-order valence-electron chi connectivity index (χ0n) is 19.9. The summed E-state index contributed by atoms with van der Waals surface area (Å²) in [6, 6.07) is -1.04. The number of hydrogen-bond donors (Lipinski definition) is 7. The molecule has 2 aliphatic rings. The fourth-order valence-electron chi connectivity index (χ4n) is 4.18. The maximum atomic E-state index is 11.9. The van der Waals surface area contributed by atoms with Crippen LogP contribution in [-0.4, -0.2) is 118 Å². The Hall–Kier alpha value is -0.930. The summed E-state index contributed by atoms with van der Waals surface area (Å²) in [7, 11) is 0. The molecular formula is C22H41NO11. The number of ether oxygens (including phenoxy) is 4. The van der Waals surface area contributed by atoms with E-state index in [0.29, 0.717) is 6.61 Å². The van der Waals surface area contributed by atoms with E-state index in [9.17, 15) is 35.4 Å². The van der Waals surface area contributed by atoms with Gasteiger partial charge < -0.3 is 54.9 Å². The van der Waals surface area contributed by atoms with Crippen molar-refractivity contribution in [3.8, 4) is 0 Å². The van der Waals surface area contributed by atoms with Gasteiger partial charge >= 0.3 is 0 Å². The van der Waals surface area contributed by atoms with Crippen LogP contribution in [0.25, 0.3) is 0 Å². The molecule has 2 fully saturated rings. The normalized spacial score (nSPS) is 38.6. The Balaban J connectivity index is 2.12. The van der Waals surface area contributed by atoms with Crippen molar-refractivity contribution >= 4 is 5.91 Å². The first-order valence-corrected chi connectivity index (χ1v) is 12.0. The summed E-state index contributed by atoms with van der Waals surface area (Å²) in [5.74, 6) is -0.459. The quantitative estimate of drug-likeness (QED) is 0.142. The molecule has 2 aliphatic heterocycles. The molecule has 0 bridgehead atoms. The molecular weight excluding hydrogens is 454 g/mol. The maximum absolute atomic E-state index is 11.9. The van der Waals surface area contributed by atoms with Crippen LogP contribution in [0, 0.1) is 0 Å². The largest absolute Gasteiger partial charge is 0.394 e. The monoisotopic (exact) mass is 495 g/mol. The fraction of sp³-hybridized carbons (Fsp3) is 0.955. The Labute approximate surface area is 199 Å². The second kappa shape index (κ2) is 14.6. The highest BCUT2D eigenvalue weighted by atomic mass is 16.7. The number of amides is 1. The lowest BCUT2D eigenvalue weighted by Gasteiger charge is -2.47. The third-order valence-electron chi connectivity index (χ3n) is 6.14. The standard InChI is InChI=1S/C22H41NO11/c1-3-4-5-6-7-8-9-31-21-15(23-12(2)26)20(17(28)14(11-25)32-21)34-22-19(30)18(29)16(27)13(10-24)33-22/h13-22,24-25,27-30H,3-11H2,1-2H3,(H,23,26)/t13-,14-,15-,16+,17-,18+,19-,20-,21-,22+/m1/s1. The van der Waals surface area contributed by atoms with Crippen molar-refractivity contribution in [1.82, 2.24) is 5.32 Å². The predicted octanol–water partition coefficient (Wildman–Crippen LogP) is -1.87. The van der Waals surface area contributed by atoms with Gasteiger partial charge in [0.1, 0.15) is 48.8 Å². The van der Waals surface area contributed by atoms with E-state index in [2.05, 4.69) is 12.2 Å². The molecule has 2 heterocycles. The number of rotatable bonds is 13. The number of carbonyl (C=O) groups is 1. The van der Waals surface area contributed by atoms with Crippen LogP contribution in [0.15, 0.2) is 0 Å². The summed E-state index contributed by atoms with van der Waals surface area (Å²) in [5, 5.41) is 62.9. The van der Waals surface area contributed by atoms with E-state index in [4.69, 9.17) is 18.9 Å². The van der Waals surface area contributed by atoms with Gasteiger partial charge in [-0.2, -0.15) is 0 Å². The van der Waals surface area contributed by atoms with Gasteiger partial charge in [0, 0.05) is 13.5 Å². The average Bonchev–Trinajstić information content (AvgIpc) is 2.81. The minimum Gasteiger partial charge on any atom is -0.394 e. The molecule has 0 aromatic carbocycles. The minimum atomic E-state index is -1.71. The van der Waals surface area contributed by atoms with Crippen LogP contribution in [0.3, 0.4) is 0 Å². The van der Waals surface area contributed by atoms with Crippen LogP contribution >= 0.6 is 0 Å². The lowest BCUT2D eigenvalue weighted by Crippen LogP contribution is -2.68. The van der Waals surface area contributed by atoms with Crippen molar-refractivity contribution in [2.45, 2.75) is 114 Å². The SMILES string of the molecule is CCCCCCCCO[C@@H]1O[C@H](CO)[C@@H](O)[C@H](O[C@@H]2O[C@H](CO)[C@H](O)[C@H](O)[C@H]2O)[C@H]1NC(C)=O. The highest BCUT2D eigenvalue weighted by Crippen LogP contribution is 2.29. The first-order chi connectivity index (χ1) is 16.2. The molecule has 0 aliphatic carbocycles.